The van der Waals surface area contributed by atoms with Gasteiger partial charge in [-0.2, -0.15) is 0 Å². The van der Waals surface area contributed by atoms with Crippen molar-refractivity contribution in [2.75, 3.05) is 17.7 Å². The van der Waals surface area contributed by atoms with Crippen LogP contribution in [0, 0.1) is 5.92 Å². The maximum Gasteiger partial charge on any atom is 0.248 e. The van der Waals surface area contributed by atoms with Gasteiger partial charge in [0.25, 0.3) is 0 Å². The average molecular weight is 404 g/mol. The topological polar surface area (TPSA) is 80.6 Å². The molecule has 2 aromatic carbocycles. The summed E-state index contributed by atoms with van der Waals surface area (Å²) in [5.74, 6) is 1.20. The zero-order valence-corrected chi connectivity index (χ0v) is 17.1. The largest absolute Gasteiger partial charge is 0.494 e. The van der Waals surface area contributed by atoms with Gasteiger partial charge in [0.1, 0.15) is 17.3 Å². The molecule has 30 heavy (non-hydrogen) atoms. The van der Waals surface area contributed by atoms with Crippen molar-refractivity contribution in [1.29, 1.82) is 0 Å². The summed E-state index contributed by atoms with van der Waals surface area (Å²) < 4.78 is 11.1. The van der Waals surface area contributed by atoms with Crippen LogP contribution in [-0.4, -0.2) is 18.9 Å². The highest BCUT2D eigenvalue weighted by Gasteiger charge is 2.12. The molecule has 6 nitrogen and oxygen atoms in total. The fraction of sp³-hybridized carbons (Fsp3) is 0.167. The lowest BCUT2D eigenvalue weighted by molar-refractivity contribution is -0.119. The predicted octanol–water partition coefficient (Wildman–Crippen LogP) is 5.20. The number of rotatable bonds is 7. The number of carbonyl (C=O) groups excluding carboxylic acids is 2. The Hall–Kier alpha value is -3.80. The second-order valence-corrected chi connectivity index (χ2v) is 6.95. The predicted molar refractivity (Wildman–Crippen MR) is 118 cm³/mol. The average Bonchev–Trinajstić information content (AvgIpc) is 3.23. The molecule has 0 saturated heterocycles. The molecule has 0 aliphatic rings. The maximum absolute atomic E-state index is 12.3. The number of hydrogen-bond donors (Lipinski definition) is 2. The number of ether oxygens (including phenoxy) is 1. The van der Waals surface area contributed by atoms with Crippen molar-refractivity contribution in [3.05, 3.63) is 72.5 Å². The van der Waals surface area contributed by atoms with Crippen molar-refractivity contribution in [2.45, 2.75) is 13.8 Å². The zero-order chi connectivity index (χ0) is 21.5. The van der Waals surface area contributed by atoms with Gasteiger partial charge in [0, 0.05) is 29.3 Å². The lowest BCUT2D eigenvalue weighted by atomic mass is 10.2. The Balaban J connectivity index is 1.64. The Morgan fingerprint density at radius 1 is 1.00 bits per heavy atom. The Kier molecular flexibility index (Phi) is 6.70. The number of anilines is 2. The Bertz CT molecular complexity index is 1050. The van der Waals surface area contributed by atoms with Gasteiger partial charge in [-0.1, -0.05) is 44.2 Å². The Morgan fingerprint density at radius 2 is 1.77 bits per heavy atom. The van der Waals surface area contributed by atoms with Gasteiger partial charge in [-0.3, -0.25) is 9.59 Å². The van der Waals surface area contributed by atoms with E-state index in [1.165, 1.54) is 13.2 Å². The van der Waals surface area contributed by atoms with Gasteiger partial charge in [0.05, 0.1) is 12.8 Å². The van der Waals surface area contributed by atoms with Crippen LogP contribution in [-0.2, 0) is 9.59 Å². The van der Waals surface area contributed by atoms with Crippen molar-refractivity contribution >= 4 is 29.3 Å². The van der Waals surface area contributed by atoms with Gasteiger partial charge in [0.15, 0.2) is 0 Å². The molecule has 2 N–H and O–H groups in total. The number of methoxy groups -OCH3 is 1. The maximum atomic E-state index is 12.3. The minimum absolute atomic E-state index is 0.110. The second-order valence-electron chi connectivity index (χ2n) is 6.95. The Morgan fingerprint density at radius 3 is 2.47 bits per heavy atom. The Labute approximate surface area is 175 Å². The molecule has 0 radical (unpaired) electrons. The first-order chi connectivity index (χ1) is 14.5. The highest BCUT2D eigenvalue weighted by atomic mass is 16.5. The fourth-order valence-electron chi connectivity index (χ4n) is 2.69. The lowest BCUT2D eigenvalue weighted by Crippen LogP contribution is -2.18. The smallest absolute Gasteiger partial charge is 0.248 e. The second kappa shape index (κ2) is 9.60. The molecular formula is C24H24N2O4. The first-order valence-electron chi connectivity index (χ1n) is 9.59. The van der Waals surface area contributed by atoms with Gasteiger partial charge in [-0.25, -0.2) is 0 Å². The van der Waals surface area contributed by atoms with E-state index < -0.39 is 0 Å². The van der Waals surface area contributed by atoms with Crippen LogP contribution in [0.5, 0.6) is 5.75 Å². The molecule has 3 rings (SSSR count). The first-order valence-corrected chi connectivity index (χ1v) is 9.59. The summed E-state index contributed by atoms with van der Waals surface area (Å²) in [6.07, 6.45) is 3.00. The molecule has 2 amide bonds. The van der Waals surface area contributed by atoms with Gasteiger partial charge >= 0.3 is 0 Å². The van der Waals surface area contributed by atoms with Crippen LogP contribution in [0.1, 0.15) is 19.6 Å². The summed E-state index contributed by atoms with van der Waals surface area (Å²) in [6, 6.07) is 18.5. The van der Waals surface area contributed by atoms with Crippen molar-refractivity contribution in [2.24, 2.45) is 5.92 Å². The summed E-state index contributed by atoms with van der Waals surface area (Å²) in [4.78, 5) is 24.2. The zero-order valence-electron chi connectivity index (χ0n) is 17.1. The van der Waals surface area contributed by atoms with E-state index in [9.17, 15) is 9.59 Å². The quantitative estimate of drug-likeness (QED) is 0.530. The molecule has 6 heteroatoms. The highest BCUT2D eigenvalue weighted by Crippen LogP contribution is 2.28. The third-order valence-electron chi connectivity index (χ3n) is 4.34. The summed E-state index contributed by atoms with van der Waals surface area (Å²) in [7, 11) is 1.51. The molecule has 1 heterocycles. The molecule has 154 valence electrons. The van der Waals surface area contributed by atoms with E-state index in [2.05, 4.69) is 10.6 Å². The minimum Gasteiger partial charge on any atom is -0.494 e. The van der Waals surface area contributed by atoms with Crippen LogP contribution in [0.25, 0.3) is 17.4 Å². The number of carbonyl (C=O) groups is 2. The number of benzene rings is 2. The van der Waals surface area contributed by atoms with Crippen LogP contribution in [0.2, 0.25) is 0 Å². The summed E-state index contributed by atoms with van der Waals surface area (Å²) in [5, 5.41) is 5.57. The number of nitrogens with one attached hydrogen (secondary N) is 2. The molecule has 0 atom stereocenters. The first kappa shape index (κ1) is 20.9. The summed E-state index contributed by atoms with van der Waals surface area (Å²) in [5.41, 5.74) is 2.07. The van der Waals surface area contributed by atoms with Crippen LogP contribution in [0.4, 0.5) is 11.4 Å². The third kappa shape index (κ3) is 5.38. The molecule has 0 aliphatic heterocycles. The van der Waals surface area contributed by atoms with Crippen molar-refractivity contribution < 1.29 is 18.7 Å². The van der Waals surface area contributed by atoms with Crippen LogP contribution in [0.3, 0.4) is 0 Å². The SMILES string of the molecule is COc1cc(NC(=O)/C=C/c2ccc(-c3ccccc3)o2)ccc1NC(=O)C(C)C. The van der Waals surface area contributed by atoms with Gasteiger partial charge < -0.3 is 19.8 Å². The van der Waals surface area contributed by atoms with E-state index in [4.69, 9.17) is 9.15 Å². The van der Waals surface area contributed by atoms with Crippen LogP contribution >= 0.6 is 0 Å². The standard InChI is InChI=1S/C24H24N2O4/c1-16(2)24(28)26-20-12-9-18(15-22(20)29-3)25-23(27)14-11-19-10-13-21(30-19)17-7-5-4-6-8-17/h4-16H,1-3H3,(H,25,27)(H,26,28)/b14-11+. The minimum atomic E-state index is -0.311. The molecular weight excluding hydrogens is 380 g/mol. The molecule has 1 aromatic heterocycles. The molecule has 0 saturated carbocycles. The highest BCUT2D eigenvalue weighted by molar-refractivity contribution is 6.02. The number of amides is 2. The van der Waals surface area contributed by atoms with E-state index in [1.54, 1.807) is 30.3 Å². The monoisotopic (exact) mass is 404 g/mol. The molecule has 0 aliphatic carbocycles. The molecule has 0 fully saturated rings. The normalized spacial score (nSPS) is 10.9. The van der Waals surface area contributed by atoms with Gasteiger partial charge in [-0.15, -0.1) is 0 Å². The van der Waals surface area contributed by atoms with E-state index >= 15 is 0 Å². The number of hydrogen-bond acceptors (Lipinski definition) is 4. The lowest BCUT2D eigenvalue weighted by Gasteiger charge is -2.13. The van der Waals surface area contributed by atoms with E-state index in [1.807, 2.05) is 50.2 Å². The molecule has 3 aromatic rings. The van der Waals surface area contributed by atoms with E-state index in [0.29, 0.717) is 22.9 Å². The van der Waals surface area contributed by atoms with E-state index in [-0.39, 0.29) is 17.7 Å². The van der Waals surface area contributed by atoms with Gasteiger partial charge in [0.2, 0.25) is 11.8 Å². The van der Waals surface area contributed by atoms with Crippen LogP contribution in [0.15, 0.2) is 71.2 Å². The molecule has 0 unspecified atom stereocenters. The van der Waals surface area contributed by atoms with Crippen molar-refractivity contribution in [1.82, 2.24) is 0 Å². The van der Waals surface area contributed by atoms with Crippen molar-refractivity contribution in [3.8, 4) is 17.1 Å². The number of furan rings is 1. The van der Waals surface area contributed by atoms with Crippen LogP contribution < -0.4 is 15.4 Å². The fourth-order valence-corrected chi connectivity index (χ4v) is 2.69. The summed E-state index contributed by atoms with van der Waals surface area (Å²) in [6.45, 7) is 3.62. The van der Waals surface area contributed by atoms with E-state index in [0.717, 1.165) is 11.3 Å². The van der Waals surface area contributed by atoms with Crippen molar-refractivity contribution in [3.63, 3.8) is 0 Å². The third-order valence-corrected chi connectivity index (χ3v) is 4.34. The summed E-state index contributed by atoms with van der Waals surface area (Å²) >= 11 is 0. The molecule has 0 bridgehead atoms. The van der Waals surface area contributed by atoms with Gasteiger partial charge in [-0.05, 0) is 30.3 Å². The molecule has 0 spiro atoms.